The van der Waals surface area contributed by atoms with Gasteiger partial charge in [-0.05, 0) is 12.8 Å². The fourth-order valence-electron chi connectivity index (χ4n) is 1.56. The molecule has 9 heteroatoms. The first-order valence-corrected chi connectivity index (χ1v) is 6.03. The van der Waals surface area contributed by atoms with Gasteiger partial charge in [-0.15, -0.1) is 0 Å². The van der Waals surface area contributed by atoms with Gasteiger partial charge in [-0.1, -0.05) is 13.8 Å². The van der Waals surface area contributed by atoms with Crippen LogP contribution in [0.1, 0.15) is 26.7 Å². The number of rotatable bonds is 4. The van der Waals surface area contributed by atoms with Gasteiger partial charge in [0.2, 0.25) is 0 Å². The van der Waals surface area contributed by atoms with Crippen LogP contribution in [0.25, 0.3) is 0 Å². The van der Waals surface area contributed by atoms with Crippen LogP contribution in [0.3, 0.4) is 0 Å². The molecule has 0 aromatic carbocycles. The first-order valence-electron chi connectivity index (χ1n) is 6.03. The number of aliphatic imine (C=N–C) groups is 4. The molecule has 0 bridgehead atoms. The Morgan fingerprint density at radius 1 is 0.810 bits per heavy atom. The maximum Gasteiger partial charge on any atom is 2.00 e. The van der Waals surface area contributed by atoms with Gasteiger partial charge in [-0.3, -0.25) is 20.0 Å². The van der Waals surface area contributed by atoms with Gasteiger partial charge in [0.1, 0.15) is 0 Å². The number of carboxylic acids is 2. The molecule has 1 radical (unpaired) electrons. The van der Waals surface area contributed by atoms with Crippen molar-refractivity contribution in [2.24, 2.45) is 20.0 Å². The normalized spacial score (nSPS) is 18.8. The van der Waals surface area contributed by atoms with E-state index in [0.717, 1.165) is 0 Å². The summed E-state index contributed by atoms with van der Waals surface area (Å²) >= 11 is 0. The van der Waals surface area contributed by atoms with E-state index in [4.69, 9.17) is 0 Å². The molecular weight excluding hydrogens is 328 g/mol. The maximum absolute atomic E-state index is 10.4. The number of carbonyl (C=O) groups excluding carboxylic acids is 2. The molecule has 0 amide bonds. The molecule has 0 saturated heterocycles. The summed E-state index contributed by atoms with van der Waals surface area (Å²) in [5, 5.41) is 20.8. The molecular formula is C12H14CuN4O4. The van der Waals surface area contributed by atoms with Crippen molar-refractivity contribution in [1.82, 2.24) is 0 Å². The number of hydrogen-bond donors (Lipinski definition) is 0. The van der Waals surface area contributed by atoms with E-state index < -0.39 is 23.3 Å². The largest absolute Gasteiger partial charge is 2.00 e. The van der Waals surface area contributed by atoms with Crippen LogP contribution >= 0.6 is 0 Å². The van der Waals surface area contributed by atoms with E-state index in [-0.39, 0.29) is 17.1 Å². The first-order chi connectivity index (χ1) is 9.42. The van der Waals surface area contributed by atoms with E-state index in [1.165, 1.54) is 24.9 Å². The van der Waals surface area contributed by atoms with Crippen LogP contribution in [0.4, 0.5) is 0 Å². The van der Waals surface area contributed by atoms with E-state index in [1.807, 2.05) is 0 Å². The van der Waals surface area contributed by atoms with Crippen molar-refractivity contribution < 1.29 is 36.9 Å². The Bertz CT molecular complexity index is 443. The van der Waals surface area contributed by atoms with Crippen LogP contribution in [0.15, 0.2) is 20.0 Å². The minimum absolute atomic E-state index is 0. The van der Waals surface area contributed by atoms with Crippen molar-refractivity contribution in [2.45, 2.75) is 38.0 Å². The Morgan fingerprint density at radius 3 is 1.14 bits per heavy atom. The van der Waals surface area contributed by atoms with E-state index in [9.17, 15) is 19.8 Å². The van der Waals surface area contributed by atoms with E-state index in [1.54, 1.807) is 13.8 Å². The molecule has 2 aliphatic rings. The molecule has 8 nitrogen and oxygen atoms in total. The molecule has 0 aromatic heterocycles. The minimum atomic E-state index is -1.32. The van der Waals surface area contributed by atoms with Crippen molar-refractivity contribution in [2.75, 3.05) is 0 Å². The monoisotopic (exact) mass is 341 g/mol. The second-order valence-electron chi connectivity index (χ2n) is 4.03. The van der Waals surface area contributed by atoms with Gasteiger partial charge < -0.3 is 19.8 Å². The predicted molar refractivity (Wildman–Crippen MR) is 70.0 cm³/mol. The zero-order valence-corrected chi connectivity index (χ0v) is 12.4. The third-order valence-electron chi connectivity index (χ3n) is 2.93. The van der Waals surface area contributed by atoms with E-state index in [2.05, 4.69) is 20.0 Å². The number of carbonyl (C=O) groups is 2. The van der Waals surface area contributed by atoms with Crippen LogP contribution in [0.5, 0.6) is 0 Å². The third kappa shape index (κ3) is 4.05. The van der Waals surface area contributed by atoms with Gasteiger partial charge in [0.15, 0.2) is 11.3 Å². The maximum atomic E-state index is 10.4. The molecule has 0 spiro atoms. The molecule has 0 fully saturated rings. The number of carboxylic acid groups (broad SMARTS) is 2. The zero-order valence-electron chi connectivity index (χ0n) is 11.4. The Morgan fingerprint density at radius 2 is 1.05 bits per heavy atom. The van der Waals surface area contributed by atoms with Gasteiger partial charge >= 0.3 is 17.1 Å². The molecule has 21 heavy (non-hydrogen) atoms. The number of aliphatic carboxylic acids is 2. The molecule has 0 saturated carbocycles. The first kappa shape index (κ1) is 19.1. The van der Waals surface area contributed by atoms with E-state index >= 15 is 0 Å². The SMILES string of the molecule is CCC1(C(=O)[O-])N=CC=N1.CCC1(C(=O)[O-])N=CC=N1.[Cu+2]. The van der Waals surface area contributed by atoms with Crippen LogP contribution in [-0.4, -0.2) is 48.1 Å². The zero-order chi connectivity index (χ0) is 15.2. The smallest absolute Gasteiger partial charge is 0.545 e. The van der Waals surface area contributed by atoms with E-state index in [0.29, 0.717) is 12.8 Å². The Kier molecular flexibility index (Phi) is 7.11. The van der Waals surface area contributed by atoms with Gasteiger partial charge in [0, 0.05) is 24.9 Å². The van der Waals surface area contributed by atoms with Crippen LogP contribution in [-0.2, 0) is 26.7 Å². The fraction of sp³-hybridized carbons (Fsp3) is 0.500. The average molecular weight is 342 g/mol. The molecule has 2 rings (SSSR count). The molecule has 0 atom stereocenters. The summed E-state index contributed by atoms with van der Waals surface area (Å²) in [7, 11) is 0. The second kappa shape index (κ2) is 7.80. The van der Waals surface area contributed by atoms with Gasteiger partial charge in [-0.25, -0.2) is 0 Å². The van der Waals surface area contributed by atoms with Gasteiger partial charge in [0.25, 0.3) is 0 Å². The standard InChI is InChI=1S/2C6H8N2O2.Cu/c2*1-2-6(5(9)10)7-3-4-8-6;/h2*3-4H,2H2,1H3,(H,9,10);/q;;+2/p-2. The van der Waals surface area contributed by atoms with Crippen molar-refractivity contribution >= 4 is 36.8 Å². The summed E-state index contributed by atoms with van der Waals surface area (Å²) in [6.45, 7) is 3.41. The Hall–Kier alpha value is -1.86. The topological polar surface area (TPSA) is 130 Å². The quantitative estimate of drug-likeness (QED) is 0.547. The van der Waals surface area contributed by atoms with Crippen LogP contribution in [0, 0.1) is 0 Å². The minimum Gasteiger partial charge on any atom is -0.545 e. The van der Waals surface area contributed by atoms with Gasteiger partial charge in [-0.2, -0.15) is 0 Å². The third-order valence-corrected chi connectivity index (χ3v) is 2.93. The number of nitrogens with zero attached hydrogens (tertiary/aromatic N) is 4. The molecule has 0 aromatic rings. The molecule has 0 unspecified atom stereocenters. The Labute approximate surface area is 132 Å². The molecule has 0 aliphatic carbocycles. The van der Waals surface area contributed by atoms with Gasteiger partial charge in [0.05, 0.1) is 11.9 Å². The average Bonchev–Trinajstić information content (AvgIpc) is 3.10. The van der Waals surface area contributed by atoms with Crippen molar-refractivity contribution in [3.8, 4) is 0 Å². The fourth-order valence-corrected chi connectivity index (χ4v) is 1.56. The molecule has 2 heterocycles. The number of hydrogen-bond acceptors (Lipinski definition) is 8. The second-order valence-corrected chi connectivity index (χ2v) is 4.03. The predicted octanol–water partition coefficient (Wildman–Crippen LogP) is -2.01. The van der Waals surface area contributed by atoms with Crippen molar-refractivity contribution in [3.63, 3.8) is 0 Å². The van der Waals surface area contributed by atoms with Crippen LogP contribution in [0.2, 0.25) is 0 Å². The summed E-state index contributed by atoms with van der Waals surface area (Å²) in [6.07, 6.45) is 6.17. The Balaban J connectivity index is 0.000000364. The summed E-state index contributed by atoms with van der Waals surface area (Å²) in [5.74, 6) is -2.47. The van der Waals surface area contributed by atoms with Crippen molar-refractivity contribution in [3.05, 3.63) is 0 Å². The summed E-state index contributed by atoms with van der Waals surface area (Å²) in [6, 6.07) is 0. The summed E-state index contributed by atoms with van der Waals surface area (Å²) in [4.78, 5) is 35.5. The molecule has 2 aliphatic heterocycles. The summed E-state index contributed by atoms with van der Waals surface area (Å²) in [5.41, 5.74) is -2.64. The van der Waals surface area contributed by atoms with Crippen LogP contribution < -0.4 is 10.2 Å². The molecule has 117 valence electrons. The summed E-state index contributed by atoms with van der Waals surface area (Å²) < 4.78 is 0. The van der Waals surface area contributed by atoms with Crippen molar-refractivity contribution in [1.29, 1.82) is 0 Å². The molecule has 0 N–H and O–H groups in total.